The van der Waals surface area contributed by atoms with E-state index in [0.717, 1.165) is 71.5 Å². The van der Waals surface area contributed by atoms with Crippen LogP contribution < -0.4 is 10.1 Å². The number of hydrogen-bond donors (Lipinski definition) is 1. The van der Waals surface area contributed by atoms with E-state index in [-0.39, 0.29) is 11.8 Å². The van der Waals surface area contributed by atoms with Crippen LogP contribution in [-0.4, -0.2) is 15.7 Å². The number of thioether (sulfide) groups is 1. The van der Waals surface area contributed by atoms with E-state index in [0.29, 0.717) is 0 Å². The lowest BCUT2D eigenvalue weighted by atomic mass is 9.88. The average Bonchev–Trinajstić information content (AvgIpc) is 3.38. The molecule has 3 aromatic rings. The van der Waals surface area contributed by atoms with Crippen molar-refractivity contribution < 1.29 is 9.53 Å². The molecular formula is C24H25N3O2S. The highest BCUT2D eigenvalue weighted by atomic mass is 32.2. The Morgan fingerprint density at radius 2 is 1.70 bits per heavy atom. The number of hydrogen-bond acceptors (Lipinski definition) is 4. The highest BCUT2D eigenvalue weighted by Gasteiger charge is 2.27. The molecule has 0 saturated heterocycles. The molecule has 0 unspecified atom stereocenters. The van der Waals surface area contributed by atoms with Crippen LogP contribution in [0.15, 0.2) is 54.6 Å². The van der Waals surface area contributed by atoms with Gasteiger partial charge in [0.15, 0.2) is 0 Å². The number of fused-ring (bicyclic) bond motifs is 1. The third kappa shape index (κ3) is 3.97. The van der Waals surface area contributed by atoms with E-state index in [1.807, 2.05) is 71.0 Å². The van der Waals surface area contributed by atoms with Crippen molar-refractivity contribution in [3.8, 4) is 17.2 Å². The van der Waals surface area contributed by atoms with Crippen molar-refractivity contribution in [2.45, 2.75) is 43.6 Å². The van der Waals surface area contributed by atoms with Gasteiger partial charge in [0.1, 0.15) is 17.3 Å². The van der Waals surface area contributed by atoms with E-state index >= 15 is 0 Å². The molecule has 0 bridgehead atoms. The van der Waals surface area contributed by atoms with Crippen molar-refractivity contribution in [2.24, 2.45) is 5.92 Å². The molecule has 2 heterocycles. The van der Waals surface area contributed by atoms with Crippen LogP contribution in [0.4, 0.5) is 5.82 Å². The molecule has 5 nitrogen and oxygen atoms in total. The highest BCUT2D eigenvalue weighted by molar-refractivity contribution is 7.98. The summed E-state index contributed by atoms with van der Waals surface area (Å²) in [5, 5.41) is 8.04. The van der Waals surface area contributed by atoms with Gasteiger partial charge in [-0.05, 0) is 49.2 Å². The van der Waals surface area contributed by atoms with Gasteiger partial charge in [-0.2, -0.15) is 16.9 Å². The molecule has 2 aromatic carbocycles. The Bertz CT molecular complexity index is 1020. The summed E-state index contributed by atoms with van der Waals surface area (Å²) in [6.07, 6.45) is 5.51. The van der Waals surface area contributed by atoms with Crippen LogP contribution >= 0.6 is 11.8 Å². The summed E-state index contributed by atoms with van der Waals surface area (Å²) in [7, 11) is 0. The fraction of sp³-hybridized carbons (Fsp3) is 0.333. The van der Waals surface area contributed by atoms with Crippen LogP contribution in [0.1, 0.15) is 43.4 Å². The molecule has 0 atom stereocenters. The maximum atomic E-state index is 12.9. The van der Waals surface area contributed by atoms with Crippen LogP contribution in [0.5, 0.6) is 11.5 Å². The average molecular weight is 420 g/mol. The second-order valence-electron chi connectivity index (χ2n) is 7.91. The molecule has 0 spiro atoms. The first-order valence-corrected chi connectivity index (χ1v) is 11.8. The summed E-state index contributed by atoms with van der Waals surface area (Å²) in [5.41, 5.74) is 3.16. The van der Waals surface area contributed by atoms with Gasteiger partial charge < -0.3 is 10.1 Å². The van der Waals surface area contributed by atoms with Crippen LogP contribution in [0.25, 0.3) is 5.69 Å². The minimum absolute atomic E-state index is 0.119. The lowest BCUT2D eigenvalue weighted by Crippen LogP contribution is -2.26. The fourth-order valence-corrected chi connectivity index (χ4v) is 5.23. The summed E-state index contributed by atoms with van der Waals surface area (Å²) in [6.45, 7) is 0. The third-order valence-electron chi connectivity index (χ3n) is 5.83. The molecule has 30 heavy (non-hydrogen) atoms. The molecule has 1 aliphatic carbocycles. The minimum Gasteiger partial charge on any atom is -0.457 e. The maximum Gasteiger partial charge on any atom is 0.228 e. The number of carbonyl (C=O) groups is 1. The first-order chi connectivity index (χ1) is 14.8. The van der Waals surface area contributed by atoms with Crippen molar-refractivity contribution in [3.63, 3.8) is 0 Å². The number of nitrogens with zero attached hydrogens (tertiary/aromatic N) is 2. The Hall–Kier alpha value is -2.73. The summed E-state index contributed by atoms with van der Waals surface area (Å²) < 4.78 is 7.79. The van der Waals surface area contributed by atoms with E-state index in [2.05, 4.69) is 5.32 Å². The lowest BCUT2D eigenvalue weighted by Gasteiger charge is -2.21. The third-order valence-corrected chi connectivity index (χ3v) is 6.80. The monoisotopic (exact) mass is 419 g/mol. The van der Waals surface area contributed by atoms with Gasteiger partial charge in [-0.15, -0.1) is 0 Å². The standard InChI is InChI=1S/C24H25N3O2S/c28-24(17-7-3-1-4-8-17)25-23-21-15-30-16-22(21)26-27(23)18-11-13-20(14-12-18)29-19-9-5-2-6-10-19/h2,5-6,9-14,17H,1,3-4,7-8,15-16H2,(H,25,28). The first-order valence-electron chi connectivity index (χ1n) is 10.6. The van der Waals surface area contributed by atoms with E-state index in [1.165, 1.54) is 6.42 Å². The molecule has 154 valence electrons. The number of ether oxygens (including phenoxy) is 1. The number of anilines is 1. The number of nitrogens with one attached hydrogen (secondary N) is 1. The van der Waals surface area contributed by atoms with Crippen LogP contribution in [-0.2, 0) is 16.3 Å². The molecule has 1 aromatic heterocycles. The number of aromatic nitrogens is 2. The van der Waals surface area contributed by atoms with Crippen molar-refractivity contribution in [1.82, 2.24) is 9.78 Å². The van der Waals surface area contributed by atoms with Crippen LogP contribution in [0, 0.1) is 5.92 Å². The number of benzene rings is 2. The zero-order valence-electron chi connectivity index (χ0n) is 16.8. The smallest absolute Gasteiger partial charge is 0.228 e. The Labute approximate surface area is 180 Å². The van der Waals surface area contributed by atoms with Gasteiger partial charge >= 0.3 is 0 Å². The van der Waals surface area contributed by atoms with Crippen LogP contribution in [0.2, 0.25) is 0 Å². The summed E-state index contributed by atoms with van der Waals surface area (Å²) >= 11 is 1.85. The minimum atomic E-state index is 0.119. The molecular weight excluding hydrogens is 394 g/mol. The maximum absolute atomic E-state index is 12.9. The zero-order chi connectivity index (χ0) is 20.3. The Morgan fingerprint density at radius 1 is 0.967 bits per heavy atom. The number of carbonyl (C=O) groups excluding carboxylic acids is 1. The van der Waals surface area contributed by atoms with E-state index in [9.17, 15) is 4.79 Å². The zero-order valence-corrected chi connectivity index (χ0v) is 17.7. The largest absolute Gasteiger partial charge is 0.457 e. The molecule has 6 heteroatoms. The Kier molecular flexibility index (Phi) is 5.49. The first kappa shape index (κ1) is 19.2. The number of amides is 1. The number of rotatable bonds is 5. The summed E-state index contributed by atoms with van der Waals surface area (Å²) in [4.78, 5) is 12.9. The van der Waals surface area contributed by atoms with Gasteiger partial charge in [0.2, 0.25) is 5.91 Å². The summed E-state index contributed by atoms with van der Waals surface area (Å²) in [6, 6.07) is 17.6. The molecule has 0 radical (unpaired) electrons. The number of para-hydroxylation sites is 1. The van der Waals surface area contributed by atoms with E-state index in [4.69, 9.17) is 9.84 Å². The van der Waals surface area contributed by atoms with Gasteiger partial charge in [-0.1, -0.05) is 37.5 Å². The SMILES string of the molecule is O=C(Nc1c2c(nn1-c1ccc(Oc3ccccc3)cc1)CSC2)C1CCCCC1. The van der Waals surface area contributed by atoms with Crippen LogP contribution in [0.3, 0.4) is 0 Å². The van der Waals surface area contributed by atoms with Crippen molar-refractivity contribution >= 4 is 23.5 Å². The lowest BCUT2D eigenvalue weighted by molar-refractivity contribution is -0.120. The van der Waals surface area contributed by atoms with E-state index in [1.54, 1.807) is 0 Å². The van der Waals surface area contributed by atoms with Gasteiger partial charge in [0.25, 0.3) is 0 Å². The topological polar surface area (TPSA) is 56.2 Å². The molecule has 1 saturated carbocycles. The predicted octanol–water partition coefficient (Wildman–Crippen LogP) is 5.93. The second kappa shape index (κ2) is 8.56. The molecule has 1 amide bonds. The normalized spacial score (nSPS) is 16.3. The highest BCUT2D eigenvalue weighted by Crippen LogP contribution is 2.37. The fourth-order valence-electron chi connectivity index (χ4n) is 4.19. The molecule has 1 fully saturated rings. The quantitative estimate of drug-likeness (QED) is 0.557. The Balaban J connectivity index is 1.39. The van der Waals surface area contributed by atoms with Gasteiger partial charge in [0, 0.05) is 23.0 Å². The Morgan fingerprint density at radius 3 is 2.47 bits per heavy atom. The van der Waals surface area contributed by atoms with Gasteiger partial charge in [0.05, 0.1) is 11.4 Å². The van der Waals surface area contributed by atoms with Crippen molar-refractivity contribution in [2.75, 3.05) is 5.32 Å². The summed E-state index contributed by atoms with van der Waals surface area (Å²) in [5.74, 6) is 4.46. The molecule has 1 aliphatic heterocycles. The molecule has 1 N–H and O–H groups in total. The van der Waals surface area contributed by atoms with Crippen molar-refractivity contribution in [1.29, 1.82) is 0 Å². The van der Waals surface area contributed by atoms with Gasteiger partial charge in [-0.25, -0.2) is 4.68 Å². The molecule has 5 rings (SSSR count). The van der Waals surface area contributed by atoms with Gasteiger partial charge in [-0.3, -0.25) is 4.79 Å². The predicted molar refractivity (Wildman–Crippen MR) is 120 cm³/mol. The molecule has 2 aliphatic rings. The van der Waals surface area contributed by atoms with Crippen molar-refractivity contribution in [3.05, 3.63) is 65.9 Å². The second-order valence-corrected chi connectivity index (χ2v) is 8.90. The van der Waals surface area contributed by atoms with E-state index < -0.39 is 0 Å².